The zero-order valence-electron chi connectivity index (χ0n) is 15.5. The number of amides is 1. The number of carbonyl (C=O) groups is 1. The molecule has 3 heterocycles. The summed E-state index contributed by atoms with van der Waals surface area (Å²) in [6, 6.07) is 2.89. The molecule has 25 heavy (non-hydrogen) atoms. The van der Waals surface area contributed by atoms with E-state index in [1.165, 1.54) is 44.5 Å². The fourth-order valence-corrected chi connectivity index (χ4v) is 5.18. The van der Waals surface area contributed by atoms with E-state index >= 15 is 0 Å². The molecule has 6 nitrogen and oxygen atoms in total. The maximum atomic E-state index is 11.9. The summed E-state index contributed by atoms with van der Waals surface area (Å²) in [4.78, 5) is 16.5. The van der Waals surface area contributed by atoms with Crippen LogP contribution in [0.4, 0.5) is 4.79 Å². The highest BCUT2D eigenvalue weighted by Crippen LogP contribution is 2.51. The number of aryl methyl sites for hydroxylation is 1. The van der Waals surface area contributed by atoms with Crippen molar-refractivity contribution < 1.29 is 9.53 Å². The van der Waals surface area contributed by atoms with E-state index in [1.807, 2.05) is 29.7 Å². The van der Waals surface area contributed by atoms with Crippen LogP contribution in [-0.2, 0) is 11.8 Å². The van der Waals surface area contributed by atoms with Crippen molar-refractivity contribution in [3.8, 4) is 0 Å². The van der Waals surface area contributed by atoms with Crippen LogP contribution >= 0.6 is 0 Å². The predicted molar refractivity (Wildman–Crippen MR) is 95.4 cm³/mol. The van der Waals surface area contributed by atoms with Crippen LogP contribution in [-0.4, -0.2) is 64.5 Å². The van der Waals surface area contributed by atoms with Crippen molar-refractivity contribution in [1.82, 2.24) is 19.6 Å². The van der Waals surface area contributed by atoms with Gasteiger partial charge in [-0.3, -0.25) is 4.68 Å². The molecule has 2 saturated heterocycles. The summed E-state index contributed by atoms with van der Waals surface area (Å²) < 4.78 is 7.19. The van der Waals surface area contributed by atoms with Gasteiger partial charge in [-0.15, -0.1) is 0 Å². The predicted octanol–water partition coefficient (Wildman–Crippen LogP) is 2.61. The lowest BCUT2D eigenvalue weighted by atomic mass is 9.64. The van der Waals surface area contributed by atoms with Crippen molar-refractivity contribution in [3.63, 3.8) is 0 Å². The maximum Gasteiger partial charge on any atom is 0.409 e. The molecule has 2 aliphatic heterocycles. The van der Waals surface area contributed by atoms with Crippen LogP contribution < -0.4 is 0 Å². The highest BCUT2D eigenvalue weighted by atomic mass is 16.6. The van der Waals surface area contributed by atoms with Crippen molar-refractivity contribution in [1.29, 1.82) is 0 Å². The Labute approximate surface area is 150 Å². The Morgan fingerprint density at radius 3 is 2.72 bits per heavy atom. The molecule has 1 amide bonds. The van der Waals surface area contributed by atoms with E-state index in [-0.39, 0.29) is 6.09 Å². The smallest absolute Gasteiger partial charge is 0.409 e. The molecule has 3 fully saturated rings. The quantitative estimate of drug-likeness (QED) is 0.844. The molecule has 1 aliphatic carbocycles. The molecular weight excluding hydrogens is 316 g/mol. The van der Waals surface area contributed by atoms with E-state index in [0.29, 0.717) is 17.9 Å². The van der Waals surface area contributed by atoms with Gasteiger partial charge in [0.1, 0.15) is 0 Å². The molecule has 0 aromatic carbocycles. The van der Waals surface area contributed by atoms with Crippen molar-refractivity contribution in [2.45, 2.75) is 51.0 Å². The van der Waals surface area contributed by atoms with Gasteiger partial charge in [-0.2, -0.15) is 5.10 Å². The molecule has 4 rings (SSSR count). The van der Waals surface area contributed by atoms with Gasteiger partial charge >= 0.3 is 6.09 Å². The Morgan fingerprint density at radius 1 is 1.32 bits per heavy atom. The fraction of sp³-hybridized carbons (Fsp3) is 0.789. The number of ether oxygens (including phenoxy) is 1. The number of likely N-dealkylation sites (tertiary alicyclic amines) is 2. The lowest BCUT2D eigenvalue weighted by Crippen LogP contribution is -2.54. The molecule has 1 saturated carbocycles. The Morgan fingerprint density at radius 2 is 2.08 bits per heavy atom. The number of hydrogen-bond acceptors (Lipinski definition) is 4. The lowest BCUT2D eigenvalue weighted by molar-refractivity contribution is -0.00503. The monoisotopic (exact) mass is 346 g/mol. The van der Waals surface area contributed by atoms with Crippen LogP contribution in [0.1, 0.15) is 50.6 Å². The van der Waals surface area contributed by atoms with Gasteiger partial charge in [-0.1, -0.05) is 0 Å². The Balaban J connectivity index is 1.25. The van der Waals surface area contributed by atoms with Gasteiger partial charge in [0.25, 0.3) is 0 Å². The molecule has 0 N–H and O–H groups in total. The minimum Gasteiger partial charge on any atom is -0.450 e. The van der Waals surface area contributed by atoms with Crippen molar-refractivity contribution in [3.05, 3.63) is 18.0 Å². The normalized spacial score (nSPS) is 30.6. The first-order valence-corrected chi connectivity index (χ1v) is 9.74. The average Bonchev–Trinajstić information content (AvgIpc) is 3.21. The van der Waals surface area contributed by atoms with Crippen LogP contribution in [0.15, 0.2) is 12.3 Å². The number of rotatable bonds is 3. The van der Waals surface area contributed by atoms with Crippen molar-refractivity contribution >= 4 is 6.09 Å². The SMILES string of the molecule is CCOC(=O)N1CC[C@]2(C1)C[C@@H](N1CCC(c3ccnn3C)CC1)C2. The number of piperidine rings is 1. The maximum absolute atomic E-state index is 11.9. The van der Waals surface area contributed by atoms with Crippen LogP contribution in [0, 0.1) is 5.41 Å². The lowest BCUT2D eigenvalue weighted by Gasteiger charge is -2.51. The van der Waals surface area contributed by atoms with E-state index in [0.717, 1.165) is 25.6 Å². The van der Waals surface area contributed by atoms with E-state index < -0.39 is 0 Å². The Kier molecular flexibility index (Phi) is 4.48. The summed E-state index contributed by atoms with van der Waals surface area (Å²) >= 11 is 0. The van der Waals surface area contributed by atoms with Crippen molar-refractivity contribution in [2.75, 3.05) is 32.8 Å². The first kappa shape index (κ1) is 16.9. The molecule has 0 unspecified atom stereocenters. The third-order valence-electron chi connectivity index (χ3n) is 6.62. The van der Waals surface area contributed by atoms with Crippen LogP contribution in [0.3, 0.4) is 0 Å². The van der Waals surface area contributed by atoms with E-state index in [9.17, 15) is 4.79 Å². The fourth-order valence-electron chi connectivity index (χ4n) is 5.18. The van der Waals surface area contributed by atoms with Crippen LogP contribution in [0.2, 0.25) is 0 Å². The van der Waals surface area contributed by atoms with Gasteiger partial charge in [-0.05, 0) is 63.6 Å². The molecule has 0 radical (unpaired) electrons. The molecule has 6 heteroatoms. The second-order valence-electron chi connectivity index (χ2n) is 8.12. The number of hydrogen-bond donors (Lipinski definition) is 0. The third-order valence-corrected chi connectivity index (χ3v) is 6.62. The highest BCUT2D eigenvalue weighted by Gasteiger charge is 2.51. The summed E-state index contributed by atoms with van der Waals surface area (Å²) in [5.41, 5.74) is 1.75. The summed E-state index contributed by atoms with van der Waals surface area (Å²) in [7, 11) is 2.05. The molecular formula is C19H30N4O2. The second kappa shape index (κ2) is 6.63. The van der Waals surface area contributed by atoms with Gasteiger partial charge in [0.05, 0.1) is 6.61 Å². The standard InChI is InChI=1S/C19H30N4O2/c1-3-25-18(24)23-11-7-19(14-23)12-16(13-19)22-9-5-15(6-10-22)17-4-8-20-21(17)2/h4,8,15-16H,3,5-7,9-14H2,1-2H3/t16-,19+. The zero-order valence-corrected chi connectivity index (χ0v) is 15.5. The van der Waals surface area contributed by atoms with Crippen LogP contribution in [0.5, 0.6) is 0 Å². The van der Waals surface area contributed by atoms with E-state index in [4.69, 9.17) is 4.74 Å². The number of nitrogens with zero attached hydrogens (tertiary/aromatic N) is 4. The van der Waals surface area contributed by atoms with Gasteiger partial charge in [0.2, 0.25) is 0 Å². The Hall–Kier alpha value is -1.56. The minimum atomic E-state index is -0.125. The van der Waals surface area contributed by atoms with Crippen LogP contribution in [0.25, 0.3) is 0 Å². The average molecular weight is 346 g/mol. The summed E-state index contributed by atoms with van der Waals surface area (Å²) in [6.07, 6.45) is 7.90. The van der Waals surface area contributed by atoms with Gasteiger partial charge in [0, 0.05) is 44.0 Å². The number of aromatic nitrogens is 2. The summed E-state index contributed by atoms with van der Waals surface area (Å²) in [5.74, 6) is 0.656. The second-order valence-corrected chi connectivity index (χ2v) is 8.12. The van der Waals surface area contributed by atoms with E-state index in [2.05, 4.69) is 16.1 Å². The largest absolute Gasteiger partial charge is 0.450 e. The molecule has 1 aromatic rings. The topological polar surface area (TPSA) is 50.6 Å². The first-order valence-electron chi connectivity index (χ1n) is 9.74. The molecule has 0 bridgehead atoms. The Bertz CT molecular complexity index is 615. The van der Waals surface area contributed by atoms with Crippen molar-refractivity contribution in [2.24, 2.45) is 12.5 Å². The first-order chi connectivity index (χ1) is 12.1. The molecule has 3 aliphatic rings. The number of carbonyl (C=O) groups excluding carboxylic acids is 1. The molecule has 1 aromatic heterocycles. The highest BCUT2D eigenvalue weighted by molar-refractivity contribution is 5.68. The van der Waals surface area contributed by atoms with Gasteiger partial charge in [0.15, 0.2) is 0 Å². The zero-order chi connectivity index (χ0) is 17.4. The molecule has 1 spiro atoms. The minimum absolute atomic E-state index is 0.125. The third kappa shape index (κ3) is 3.16. The van der Waals surface area contributed by atoms with E-state index in [1.54, 1.807) is 0 Å². The molecule has 138 valence electrons. The summed E-state index contributed by atoms with van der Waals surface area (Å²) in [6.45, 7) is 6.49. The van der Waals surface area contributed by atoms with Gasteiger partial charge in [-0.25, -0.2) is 4.79 Å². The summed E-state index contributed by atoms with van der Waals surface area (Å²) in [5, 5.41) is 4.32. The molecule has 0 atom stereocenters. The van der Waals surface area contributed by atoms with Gasteiger partial charge < -0.3 is 14.5 Å².